The molecule has 0 aromatic carbocycles. The fourth-order valence-corrected chi connectivity index (χ4v) is 2.45. The minimum absolute atomic E-state index is 0.149. The first-order valence-electron chi connectivity index (χ1n) is 5.07. The van der Waals surface area contributed by atoms with Crippen molar-refractivity contribution in [1.29, 1.82) is 0 Å². The summed E-state index contributed by atoms with van der Waals surface area (Å²) in [6.45, 7) is 4.43. The Morgan fingerprint density at radius 3 is 2.81 bits per heavy atom. The Labute approximate surface area is 101 Å². The summed E-state index contributed by atoms with van der Waals surface area (Å²) in [5, 5.41) is 0.173. The van der Waals surface area contributed by atoms with Crippen LogP contribution in [0.25, 0.3) is 0 Å². The highest BCUT2D eigenvalue weighted by Gasteiger charge is 2.14. The number of nitrogens with zero attached hydrogens (tertiary/aromatic N) is 1. The van der Waals surface area contributed by atoms with E-state index in [9.17, 15) is 8.42 Å². The van der Waals surface area contributed by atoms with E-state index < -0.39 is 10.0 Å². The lowest BCUT2D eigenvalue weighted by molar-refractivity contribution is 0.528. The van der Waals surface area contributed by atoms with Crippen molar-refractivity contribution in [3.63, 3.8) is 0 Å². The van der Waals surface area contributed by atoms with E-state index in [-0.39, 0.29) is 10.0 Å². The van der Waals surface area contributed by atoms with Gasteiger partial charge in [0.15, 0.2) is 0 Å². The summed E-state index contributed by atoms with van der Waals surface area (Å²) in [6, 6.07) is 2.76. The van der Waals surface area contributed by atoms with Gasteiger partial charge in [0, 0.05) is 12.7 Å². The van der Waals surface area contributed by atoms with Gasteiger partial charge in [-0.25, -0.2) is 18.1 Å². The molecule has 1 atom stereocenters. The van der Waals surface area contributed by atoms with Gasteiger partial charge in [-0.3, -0.25) is 0 Å². The van der Waals surface area contributed by atoms with Crippen molar-refractivity contribution in [1.82, 2.24) is 9.71 Å². The zero-order valence-corrected chi connectivity index (χ0v) is 10.8. The highest BCUT2D eigenvalue weighted by Crippen LogP contribution is 2.12. The number of nitrogens with one attached hydrogen (secondary N) is 1. The van der Waals surface area contributed by atoms with E-state index in [1.807, 2.05) is 13.8 Å². The minimum Gasteiger partial charge on any atom is -0.244 e. The molecule has 0 bridgehead atoms. The third-order valence-electron chi connectivity index (χ3n) is 2.33. The Hall–Kier alpha value is -0.650. The smallest absolute Gasteiger partial charge is 0.240 e. The van der Waals surface area contributed by atoms with Gasteiger partial charge in [0.1, 0.15) is 5.15 Å². The second-order valence-electron chi connectivity index (χ2n) is 3.68. The molecular weight excluding hydrogens is 248 g/mol. The number of hydrogen-bond donors (Lipinski definition) is 1. The molecule has 4 nitrogen and oxygen atoms in total. The van der Waals surface area contributed by atoms with Gasteiger partial charge in [-0.1, -0.05) is 31.9 Å². The number of rotatable bonds is 5. The van der Waals surface area contributed by atoms with Crippen molar-refractivity contribution in [3.05, 3.63) is 23.5 Å². The SMILES string of the molecule is CCC(C)CNS(=O)(=O)c1ccnc(Cl)c1. The molecule has 1 heterocycles. The number of hydrogen-bond acceptors (Lipinski definition) is 3. The first-order valence-corrected chi connectivity index (χ1v) is 6.93. The van der Waals surface area contributed by atoms with Crippen LogP contribution in [0.1, 0.15) is 20.3 Å². The highest BCUT2D eigenvalue weighted by molar-refractivity contribution is 7.89. The van der Waals surface area contributed by atoms with Gasteiger partial charge in [0.25, 0.3) is 0 Å². The van der Waals surface area contributed by atoms with E-state index in [0.717, 1.165) is 6.42 Å². The van der Waals surface area contributed by atoms with Crippen molar-refractivity contribution < 1.29 is 8.42 Å². The predicted octanol–water partition coefficient (Wildman–Crippen LogP) is 2.06. The lowest BCUT2D eigenvalue weighted by Crippen LogP contribution is -2.28. The zero-order chi connectivity index (χ0) is 12.2. The fourth-order valence-electron chi connectivity index (χ4n) is 1.03. The Kier molecular flexibility index (Phi) is 4.70. The summed E-state index contributed by atoms with van der Waals surface area (Å²) in [5.74, 6) is 0.312. The van der Waals surface area contributed by atoms with Crippen LogP contribution in [0.3, 0.4) is 0 Å². The third-order valence-corrected chi connectivity index (χ3v) is 3.96. The standard InChI is InChI=1S/C10H15ClN2O2S/c1-3-8(2)7-13-16(14,15)9-4-5-12-10(11)6-9/h4-6,8,13H,3,7H2,1-2H3. The molecule has 1 aromatic heterocycles. The summed E-state index contributed by atoms with van der Waals surface area (Å²) < 4.78 is 26.2. The average Bonchev–Trinajstić information content (AvgIpc) is 2.26. The molecule has 0 fully saturated rings. The molecule has 90 valence electrons. The molecule has 6 heteroatoms. The van der Waals surface area contributed by atoms with Gasteiger partial charge >= 0.3 is 0 Å². The van der Waals surface area contributed by atoms with E-state index in [4.69, 9.17) is 11.6 Å². The summed E-state index contributed by atoms with van der Waals surface area (Å²) in [6.07, 6.45) is 2.31. The van der Waals surface area contributed by atoms with Crippen LogP contribution in [0.2, 0.25) is 5.15 Å². The quantitative estimate of drug-likeness (QED) is 0.827. The molecule has 0 amide bonds. The highest BCUT2D eigenvalue weighted by atomic mass is 35.5. The van der Waals surface area contributed by atoms with Crippen molar-refractivity contribution in [2.45, 2.75) is 25.2 Å². The fraction of sp³-hybridized carbons (Fsp3) is 0.500. The van der Waals surface area contributed by atoms with E-state index in [0.29, 0.717) is 12.5 Å². The second kappa shape index (κ2) is 5.61. The van der Waals surface area contributed by atoms with Gasteiger partial charge < -0.3 is 0 Å². The number of pyridine rings is 1. The topological polar surface area (TPSA) is 59.1 Å². The zero-order valence-electron chi connectivity index (χ0n) is 9.27. The molecule has 0 saturated heterocycles. The van der Waals surface area contributed by atoms with E-state index in [2.05, 4.69) is 9.71 Å². The summed E-state index contributed by atoms with van der Waals surface area (Å²) in [4.78, 5) is 3.89. The predicted molar refractivity (Wildman–Crippen MR) is 63.9 cm³/mol. The number of halogens is 1. The maximum atomic E-state index is 11.8. The lowest BCUT2D eigenvalue weighted by Gasteiger charge is -2.10. The van der Waals surface area contributed by atoms with Crippen LogP contribution in [0.15, 0.2) is 23.2 Å². The molecule has 1 N–H and O–H groups in total. The van der Waals surface area contributed by atoms with Crippen LogP contribution >= 0.6 is 11.6 Å². The normalized spacial score (nSPS) is 13.7. The summed E-state index contributed by atoms with van der Waals surface area (Å²) >= 11 is 5.64. The van der Waals surface area contributed by atoms with Crippen LogP contribution < -0.4 is 4.72 Å². The van der Waals surface area contributed by atoms with Crippen LogP contribution in [-0.4, -0.2) is 19.9 Å². The van der Waals surface area contributed by atoms with Crippen molar-refractivity contribution in [2.75, 3.05) is 6.54 Å². The maximum Gasteiger partial charge on any atom is 0.240 e. The van der Waals surface area contributed by atoms with Crippen molar-refractivity contribution in [3.8, 4) is 0 Å². The first kappa shape index (κ1) is 13.4. The lowest BCUT2D eigenvalue weighted by atomic mass is 10.1. The third kappa shape index (κ3) is 3.73. The molecule has 0 spiro atoms. The Morgan fingerprint density at radius 2 is 2.25 bits per heavy atom. The van der Waals surface area contributed by atoms with Crippen LogP contribution in [0.4, 0.5) is 0 Å². The van der Waals surface area contributed by atoms with E-state index in [1.165, 1.54) is 18.3 Å². The maximum absolute atomic E-state index is 11.8. The van der Waals surface area contributed by atoms with Crippen molar-refractivity contribution >= 4 is 21.6 Å². The molecule has 1 rings (SSSR count). The minimum atomic E-state index is -3.46. The van der Waals surface area contributed by atoms with Gasteiger partial charge in [-0.15, -0.1) is 0 Å². The van der Waals surface area contributed by atoms with Crippen LogP contribution in [0, 0.1) is 5.92 Å². The second-order valence-corrected chi connectivity index (χ2v) is 5.83. The monoisotopic (exact) mass is 262 g/mol. The Morgan fingerprint density at radius 1 is 1.56 bits per heavy atom. The van der Waals surface area contributed by atoms with Crippen LogP contribution in [0.5, 0.6) is 0 Å². The Balaban J connectivity index is 2.78. The average molecular weight is 263 g/mol. The Bertz CT molecular complexity index is 448. The van der Waals surface area contributed by atoms with Crippen LogP contribution in [-0.2, 0) is 10.0 Å². The number of sulfonamides is 1. The molecule has 0 radical (unpaired) electrons. The molecule has 16 heavy (non-hydrogen) atoms. The van der Waals surface area contributed by atoms with Gasteiger partial charge in [0.05, 0.1) is 4.90 Å². The molecule has 0 aliphatic heterocycles. The van der Waals surface area contributed by atoms with Gasteiger partial charge in [-0.05, 0) is 18.1 Å². The van der Waals surface area contributed by atoms with E-state index >= 15 is 0 Å². The largest absolute Gasteiger partial charge is 0.244 e. The molecule has 0 saturated carbocycles. The van der Waals surface area contributed by atoms with Gasteiger partial charge in [0.2, 0.25) is 10.0 Å². The number of aromatic nitrogens is 1. The molecule has 0 aliphatic rings. The van der Waals surface area contributed by atoms with E-state index in [1.54, 1.807) is 0 Å². The molecule has 1 aromatic rings. The molecule has 1 unspecified atom stereocenters. The van der Waals surface area contributed by atoms with Gasteiger partial charge in [-0.2, -0.15) is 0 Å². The summed E-state index contributed by atoms with van der Waals surface area (Å²) in [7, 11) is -3.46. The molecule has 0 aliphatic carbocycles. The molecular formula is C10H15ClN2O2S. The van der Waals surface area contributed by atoms with Crippen molar-refractivity contribution in [2.24, 2.45) is 5.92 Å². The summed E-state index contributed by atoms with van der Waals surface area (Å²) in [5.41, 5.74) is 0. The first-order chi connectivity index (χ1) is 7.45.